The second kappa shape index (κ2) is 8.28. The number of hydrogen-bond donors (Lipinski definition) is 2. The van der Waals surface area contributed by atoms with Gasteiger partial charge in [-0.25, -0.2) is 4.68 Å². The van der Waals surface area contributed by atoms with E-state index in [9.17, 15) is 27.1 Å². The van der Waals surface area contributed by atoms with E-state index in [2.05, 4.69) is 14.8 Å². The van der Waals surface area contributed by atoms with Gasteiger partial charge < -0.3 is 9.64 Å². The first-order valence-electron chi connectivity index (χ1n) is 9.11. The van der Waals surface area contributed by atoms with Gasteiger partial charge in [-0.1, -0.05) is 11.6 Å². The van der Waals surface area contributed by atoms with E-state index in [0.717, 1.165) is 12.1 Å². The van der Waals surface area contributed by atoms with Crippen LogP contribution in [0, 0.1) is 0 Å². The molecule has 1 aliphatic heterocycles. The summed E-state index contributed by atoms with van der Waals surface area (Å²) in [5.41, 5.74) is 0.907. The summed E-state index contributed by atoms with van der Waals surface area (Å²) in [4.78, 5) is 18.2. The summed E-state index contributed by atoms with van der Waals surface area (Å²) in [6.07, 6.45) is -1.91. The fourth-order valence-corrected chi connectivity index (χ4v) is 4.84. The third-order valence-corrected chi connectivity index (χ3v) is 6.34. The lowest BCUT2D eigenvalue weighted by Crippen LogP contribution is -2.29. The summed E-state index contributed by atoms with van der Waals surface area (Å²) in [5, 5.41) is 4.30. The number of ether oxygens (including phenoxy) is 1. The molecule has 2 aromatic heterocycles. The van der Waals surface area contributed by atoms with Gasteiger partial charge in [-0.15, -0.1) is 13.2 Å². The Hall–Kier alpha value is -2.80. The molecule has 0 bridgehead atoms. The summed E-state index contributed by atoms with van der Waals surface area (Å²) in [5.74, 6) is -1.20. The number of aromatic nitrogens is 3. The Balaban J connectivity index is 1.79. The van der Waals surface area contributed by atoms with Crippen LogP contribution < -0.4 is 4.74 Å². The van der Waals surface area contributed by atoms with Crippen LogP contribution in [-0.4, -0.2) is 59.2 Å². The first-order valence-corrected chi connectivity index (χ1v) is 11.4. The lowest BCUT2D eigenvalue weighted by molar-refractivity contribution is -0.274. The molecule has 0 saturated carbocycles. The molecule has 0 spiro atoms. The number of rotatable bonds is 4. The van der Waals surface area contributed by atoms with Crippen LogP contribution in [0.3, 0.4) is 0 Å². The molecule has 2 N–H and O–H groups in total. The van der Waals surface area contributed by atoms with Crippen molar-refractivity contribution in [1.82, 2.24) is 19.7 Å². The Morgan fingerprint density at radius 1 is 1.22 bits per heavy atom. The highest BCUT2D eigenvalue weighted by Crippen LogP contribution is 2.44. The van der Waals surface area contributed by atoms with Crippen LogP contribution in [0.25, 0.3) is 16.9 Å². The van der Waals surface area contributed by atoms with Crippen LogP contribution in [0.4, 0.5) is 13.2 Å². The predicted octanol–water partition coefficient (Wildman–Crippen LogP) is 4.65. The molecule has 0 unspecified atom stereocenters. The Morgan fingerprint density at radius 2 is 2.00 bits per heavy atom. The van der Waals surface area contributed by atoms with Gasteiger partial charge in [-0.3, -0.25) is 18.9 Å². The van der Waals surface area contributed by atoms with E-state index in [4.69, 9.17) is 11.6 Å². The number of benzene rings is 1. The number of carbonyl (C=O) groups excluding carboxylic acids is 1. The van der Waals surface area contributed by atoms with Crippen LogP contribution in [0.5, 0.6) is 5.75 Å². The van der Waals surface area contributed by atoms with Crippen LogP contribution in [0.15, 0.2) is 48.8 Å². The molecule has 0 atom stereocenters. The molecule has 8 nitrogen and oxygen atoms in total. The van der Waals surface area contributed by atoms with E-state index >= 15 is 0 Å². The van der Waals surface area contributed by atoms with E-state index in [1.54, 1.807) is 12.1 Å². The van der Waals surface area contributed by atoms with E-state index < -0.39 is 28.6 Å². The Morgan fingerprint density at radius 3 is 2.62 bits per heavy atom. The number of alkyl halides is 3. The van der Waals surface area contributed by atoms with E-state index in [1.165, 1.54) is 34.1 Å². The van der Waals surface area contributed by atoms with Crippen molar-refractivity contribution in [3.8, 4) is 22.7 Å². The van der Waals surface area contributed by atoms with Gasteiger partial charge in [0.15, 0.2) is 5.69 Å². The van der Waals surface area contributed by atoms with E-state index in [-0.39, 0.29) is 40.1 Å². The van der Waals surface area contributed by atoms with Crippen LogP contribution in [0.1, 0.15) is 10.5 Å². The van der Waals surface area contributed by atoms with Gasteiger partial charge in [-0.05, 0) is 36.4 Å². The summed E-state index contributed by atoms with van der Waals surface area (Å²) in [6.45, 7) is 0.150. The van der Waals surface area contributed by atoms with Crippen molar-refractivity contribution in [2.45, 2.75) is 6.36 Å². The van der Waals surface area contributed by atoms with Crippen LogP contribution in [-0.2, 0) is 0 Å². The first-order chi connectivity index (χ1) is 15.0. The number of halogens is 4. The molecule has 0 radical (unpaired) electrons. The minimum atomic E-state index is -4.91. The fourth-order valence-electron chi connectivity index (χ4n) is 3.23. The lowest BCUT2D eigenvalue weighted by Gasteiger charge is -2.25. The number of carbonyl (C=O) groups is 1. The number of pyridine rings is 1. The Labute approximate surface area is 186 Å². The van der Waals surface area contributed by atoms with E-state index in [0.29, 0.717) is 5.69 Å². The fraction of sp³-hybridized carbons (Fsp3) is 0.211. The quantitative estimate of drug-likeness (QED) is 0.554. The average Bonchev–Trinajstić information content (AvgIpc) is 3.30. The Kier molecular flexibility index (Phi) is 5.79. The maximum Gasteiger partial charge on any atom is 0.573 e. The second-order valence-electron chi connectivity index (χ2n) is 6.97. The summed E-state index contributed by atoms with van der Waals surface area (Å²) in [7, 11) is -2.86. The van der Waals surface area contributed by atoms with Crippen molar-refractivity contribution in [2.24, 2.45) is 0 Å². The monoisotopic (exact) mass is 488 g/mol. The maximum atomic E-state index is 12.9. The highest BCUT2D eigenvalue weighted by atomic mass is 35.5. The van der Waals surface area contributed by atoms with Crippen molar-refractivity contribution >= 4 is 28.1 Å². The van der Waals surface area contributed by atoms with Crippen molar-refractivity contribution in [2.75, 3.05) is 18.2 Å². The molecule has 32 heavy (non-hydrogen) atoms. The van der Waals surface area contributed by atoms with Crippen molar-refractivity contribution < 1.29 is 31.8 Å². The molecule has 1 saturated heterocycles. The molecule has 1 aliphatic rings. The molecule has 3 aromatic rings. The summed E-state index contributed by atoms with van der Waals surface area (Å²) >= 11 is 6.01. The van der Waals surface area contributed by atoms with Crippen LogP contribution >= 0.6 is 22.2 Å². The van der Waals surface area contributed by atoms with E-state index in [1.807, 2.05) is 0 Å². The molecule has 1 aromatic carbocycles. The van der Waals surface area contributed by atoms with Crippen molar-refractivity contribution in [1.29, 1.82) is 0 Å². The zero-order chi connectivity index (χ0) is 23.1. The molecule has 4 rings (SSSR count). The largest absolute Gasteiger partial charge is 0.573 e. The van der Waals surface area contributed by atoms with Gasteiger partial charge in [-0.2, -0.15) is 15.7 Å². The SMILES string of the molecule is O=C(c1cc(-c2cc(Cl)cc(OC(F)(F)F)c2)n(-c2cccnc2)n1)N1CCS(O)(O)C1. The molecular formula is C19H16ClF3N4O4S. The number of nitrogens with zero attached hydrogens (tertiary/aromatic N) is 4. The molecule has 3 heterocycles. The normalized spacial score (nSPS) is 16.8. The zero-order valence-corrected chi connectivity index (χ0v) is 17.7. The van der Waals surface area contributed by atoms with Gasteiger partial charge in [0.1, 0.15) is 11.6 Å². The Bertz CT molecular complexity index is 1160. The summed E-state index contributed by atoms with van der Waals surface area (Å²) in [6, 6.07) is 8.24. The standard InChI is InChI=1S/C19H16ClF3N4O4S/c20-13-6-12(7-15(8-13)31-19(21,22)23)17-9-16(18(28)26-4-5-32(29,30)11-26)25-27(17)14-2-1-3-24-10-14/h1-3,6-10,29-30H,4-5,11H2. The molecular weight excluding hydrogens is 473 g/mol. The van der Waals surface area contributed by atoms with Gasteiger partial charge in [0.05, 0.1) is 23.3 Å². The van der Waals surface area contributed by atoms with Crippen LogP contribution in [0.2, 0.25) is 5.02 Å². The molecule has 0 aliphatic carbocycles. The topological polar surface area (TPSA) is 101 Å². The van der Waals surface area contributed by atoms with Crippen molar-refractivity contribution in [3.63, 3.8) is 0 Å². The number of hydrogen-bond acceptors (Lipinski definition) is 6. The first kappa shape index (κ1) is 22.4. The zero-order valence-electron chi connectivity index (χ0n) is 16.2. The molecule has 13 heteroatoms. The van der Waals surface area contributed by atoms with Gasteiger partial charge in [0.2, 0.25) is 0 Å². The molecule has 1 fully saturated rings. The van der Waals surface area contributed by atoms with Gasteiger partial charge >= 0.3 is 6.36 Å². The lowest BCUT2D eigenvalue weighted by atomic mass is 10.1. The summed E-state index contributed by atoms with van der Waals surface area (Å²) < 4.78 is 63.1. The van der Waals surface area contributed by atoms with Gasteiger partial charge in [0, 0.05) is 23.3 Å². The third kappa shape index (κ3) is 4.99. The molecule has 170 valence electrons. The minimum Gasteiger partial charge on any atom is -0.406 e. The average molecular weight is 489 g/mol. The molecule has 1 amide bonds. The van der Waals surface area contributed by atoms with Crippen molar-refractivity contribution in [3.05, 3.63) is 59.5 Å². The minimum absolute atomic E-state index is 0.0120. The highest BCUT2D eigenvalue weighted by molar-refractivity contribution is 8.24. The third-order valence-electron chi connectivity index (χ3n) is 4.56. The van der Waals surface area contributed by atoms with Gasteiger partial charge in [0.25, 0.3) is 5.91 Å². The smallest absolute Gasteiger partial charge is 0.406 e. The second-order valence-corrected chi connectivity index (χ2v) is 9.67. The highest BCUT2D eigenvalue weighted by Gasteiger charge is 2.33. The number of amides is 1. The maximum absolute atomic E-state index is 12.9. The predicted molar refractivity (Wildman–Crippen MR) is 112 cm³/mol.